The van der Waals surface area contributed by atoms with Gasteiger partial charge in [-0.05, 0) is 37.8 Å². The van der Waals surface area contributed by atoms with E-state index in [0.717, 1.165) is 55.5 Å². The van der Waals surface area contributed by atoms with E-state index < -0.39 is 0 Å². The minimum absolute atomic E-state index is 0.0106. The summed E-state index contributed by atoms with van der Waals surface area (Å²) in [7, 11) is 1.87. The van der Waals surface area contributed by atoms with Crippen LogP contribution >= 0.6 is 0 Å². The van der Waals surface area contributed by atoms with Gasteiger partial charge >= 0.3 is 0 Å². The molecular weight excluding hydrogens is 340 g/mol. The summed E-state index contributed by atoms with van der Waals surface area (Å²) in [5, 5.41) is 3.99. The molecule has 2 aliphatic rings. The highest BCUT2D eigenvalue weighted by atomic mass is 16.2. The minimum atomic E-state index is -0.0106. The van der Waals surface area contributed by atoms with Crippen molar-refractivity contribution in [1.29, 1.82) is 0 Å². The van der Waals surface area contributed by atoms with Crippen LogP contribution < -0.4 is 10.2 Å². The number of hydrogen-bond donors (Lipinski definition) is 1. The number of rotatable bonds is 4. The summed E-state index contributed by atoms with van der Waals surface area (Å²) in [6.45, 7) is 3.27. The molecule has 2 fully saturated rings. The van der Waals surface area contributed by atoms with E-state index in [9.17, 15) is 9.59 Å². The fraction of sp³-hybridized carbons (Fsp3) is 0.476. The van der Waals surface area contributed by atoms with Crippen LogP contribution in [0.3, 0.4) is 0 Å². The normalized spacial score (nSPS) is 17.8. The number of nitrogens with one attached hydrogen (secondary N) is 1. The Morgan fingerprint density at radius 3 is 2.52 bits per heavy atom. The van der Waals surface area contributed by atoms with Gasteiger partial charge in [-0.2, -0.15) is 0 Å². The summed E-state index contributed by atoms with van der Waals surface area (Å²) in [5.74, 6) is 0.943. The van der Waals surface area contributed by atoms with E-state index in [1.165, 1.54) is 0 Å². The number of fused-ring (bicyclic) bond motifs is 1. The number of carbonyl (C=O) groups excluding carboxylic acids is 2. The maximum absolute atomic E-state index is 12.8. The van der Waals surface area contributed by atoms with Gasteiger partial charge in [-0.1, -0.05) is 18.2 Å². The van der Waals surface area contributed by atoms with E-state index in [1.54, 1.807) is 6.92 Å². The number of pyridine rings is 1. The molecule has 0 radical (unpaired) electrons. The number of amides is 2. The second kappa shape index (κ2) is 7.18. The molecule has 6 nitrogen and oxygen atoms in total. The zero-order chi connectivity index (χ0) is 19.0. The van der Waals surface area contributed by atoms with Crippen molar-refractivity contribution >= 4 is 28.5 Å². The second-order valence-corrected chi connectivity index (χ2v) is 7.64. The summed E-state index contributed by atoms with van der Waals surface area (Å²) in [4.78, 5) is 33.2. The molecule has 0 atom stereocenters. The van der Waals surface area contributed by atoms with Crippen LogP contribution in [0.5, 0.6) is 0 Å². The quantitative estimate of drug-likeness (QED) is 0.903. The van der Waals surface area contributed by atoms with E-state index in [2.05, 4.69) is 10.2 Å². The number of benzene rings is 1. The van der Waals surface area contributed by atoms with Crippen LogP contribution in [0.15, 0.2) is 30.3 Å². The first-order valence-electron chi connectivity index (χ1n) is 9.72. The Kier molecular flexibility index (Phi) is 4.72. The Balaban J connectivity index is 1.59. The van der Waals surface area contributed by atoms with Crippen LogP contribution in [0.25, 0.3) is 10.9 Å². The third kappa shape index (κ3) is 3.75. The van der Waals surface area contributed by atoms with Gasteiger partial charge in [0.2, 0.25) is 5.91 Å². The Hall–Kier alpha value is -2.63. The number of carbonyl (C=O) groups is 2. The van der Waals surface area contributed by atoms with Gasteiger partial charge in [0.05, 0.1) is 11.1 Å². The van der Waals surface area contributed by atoms with Crippen molar-refractivity contribution in [3.63, 3.8) is 0 Å². The largest absolute Gasteiger partial charge is 0.356 e. The predicted octanol–water partition coefficient (Wildman–Crippen LogP) is 2.57. The molecule has 27 heavy (non-hydrogen) atoms. The van der Waals surface area contributed by atoms with Crippen LogP contribution in [-0.4, -0.2) is 53.9 Å². The molecule has 6 heteroatoms. The summed E-state index contributed by atoms with van der Waals surface area (Å²) in [5.41, 5.74) is 1.55. The lowest BCUT2D eigenvalue weighted by atomic mass is 10.0. The molecule has 0 spiro atoms. The van der Waals surface area contributed by atoms with Gasteiger partial charge in [-0.3, -0.25) is 9.59 Å². The maximum Gasteiger partial charge on any atom is 0.252 e. The van der Waals surface area contributed by atoms with Crippen LogP contribution in [-0.2, 0) is 4.79 Å². The molecular formula is C21H26N4O2. The second-order valence-electron chi connectivity index (χ2n) is 7.64. The monoisotopic (exact) mass is 366 g/mol. The SMILES string of the molecule is CC(=O)N(C)C1CCN(c2cc(C(=O)NC3CC3)c3ccccc3n2)CC1. The number of anilines is 1. The highest BCUT2D eigenvalue weighted by Gasteiger charge is 2.27. The Morgan fingerprint density at radius 1 is 1.15 bits per heavy atom. The van der Waals surface area contributed by atoms with E-state index >= 15 is 0 Å². The third-order valence-corrected chi connectivity index (χ3v) is 5.69. The van der Waals surface area contributed by atoms with Crippen LogP contribution in [0, 0.1) is 0 Å². The standard InChI is InChI=1S/C21H26N4O2/c1-14(26)24(2)16-9-11-25(12-10-16)20-13-18(21(27)22-15-7-8-15)17-5-3-4-6-19(17)23-20/h3-6,13,15-16H,7-12H2,1-2H3,(H,22,27). The fourth-order valence-electron chi connectivity index (χ4n) is 3.74. The van der Waals surface area contributed by atoms with Crippen molar-refractivity contribution in [2.24, 2.45) is 0 Å². The third-order valence-electron chi connectivity index (χ3n) is 5.69. The fourth-order valence-corrected chi connectivity index (χ4v) is 3.74. The Morgan fingerprint density at radius 2 is 1.85 bits per heavy atom. The molecule has 0 unspecified atom stereocenters. The van der Waals surface area contributed by atoms with Gasteiger partial charge in [-0.25, -0.2) is 4.98 Å². The average molecular weight is 366 g/mol. The van der Waals surface area contributed by atoms with Crippen molar-refractivity contribution in [2.45, 2.75) is 44.7 Å². The van der Waals surface area contributed by atoms with Crippen molar-refractivity contribution in [1.82, 2.24) is 15.2 Å². The van der Waals surface area contributed by atoms with Crippen LogP contribution in [0.1, 0.15) is 43.0 Å². The lowest BCUT2D eigenvalue weighted by Crippen LogP contribution is -2.45. The van der Waals surface area contributed by atoms with E-state index in [4.69, 9.17) is 4.98 Å². The molecule has 1 N–H and O–H groups in total. The van der Waals surface area contributed by atoms with E-state index in [0.29, 0.717) is 11.6 Å². The van der Waals surface area contributed by atoms with Crippen LogP contribution in [0.2, 0.25) is 0 Å². The molecule has 1 aromatic heterocycles. The summed E-state index contributed by atoms with van der Waals surface area (Å²) in [6, 6.07) is 10.3. The van der Waals surface area contributed by atoms with Crippen molar-refractivity contribution in [3.8, 4) is 0 Å². The molecule has 1 aromatic carbocycles. The molecule has 1 saturated heterocycles. The van der Waals surface area contributed by atoms with Gasteiger partial charge in [0.1, 0.15) is 5.82 Å². The Bertz CT molecular complexity index is 870. The smallest absolute Gasteiger partial charge is 0.252 e. The minimum Gasteiger partial charge on any atom is -0.356 e. The topological polar surface area (TPSA) is 65.5 Å². The summed E-state index contributed by atoms with van der Waals surface area (Å²) >= 11 is 0. The first kappa shape index (κ1) is 17.8. The molecule has 142 valence electrons. The molecule has 2 aromatic rings. The first-order valence-corrected chi connectivity index (χ1v) is 9.72. The zero-order valence-electron chi connectivity index (χ0n) is 15.9. The lowest BCUT2D eigenvalue weighted by molar-refractivity contribution is -0.129. The molecule has 1 aliphatic heterocycles. The van der Waals surface area contributed by atoms with Crippen molar-refractivity contribution in [3.05, 3.63) is 35.9 Å². The highest BCUT2D eigenvalue weighted by Crippen LogP contribution is 2.27. The molecule has 2 heterocycles. The average Bonchev–Trinajstić information content (AvgIpc) is 3.50. The number of piperidine rings is 1. The van der Waals surface area contributed by atoms with E-state index in [-0.39, 0.29) is 17.9 Å². The predicted molar refractivity (Wildman–Crippen MR) is 106 cm³/mol. The molecule has 0 bridgehead atoms. The lowest BCUT2D eigenvalue weighted by Gasteiger charge is -2.37. The van der Waals surface area contributed by atoms with Gasteiger partial charge in [0.25, 0.3) is 5.91 Å². The van der Waals surface area contributed by atoms with Gasteiger partial charge < -0.3 is 15.1 Å². The number of nitrogens with zero attached hydrogens (tertiary/aromatic N) is 3. The first-order chi connectivity index (χ1) is 13.0. The zero-order valence-corrected chi connectivity index (χ0v) is 15.9. The van der Waals surface area contributed by atoms with Crippen LogP contribution in [0.4, 0.5) is 5.82 Å². The molecule has 1 aliphatic carbocycles. The number of para-hydroxylation sites is 1. The maximum atomic E-state index is 12.8. The summed E-state index contributed by atoms with van der Waals surface area (Å²) in [6.07, 6.45) is 3.96. The van der Waals surface area contributed by atoms with Crippen molar-refractivity contribution in [2.75, 3.05) is 25.0 Å². The van der Waals surface area contributed by atoms with E-state index in [1.807, 2.05) is 42.3 Å². The summed E-state index contributed by atoms with van der Waals surface area (Å²) < 4.78 is 0. The molecule has 2 amide bonds. The number of aromatic nitrogens is 1. The Labute approximate surface area is 159 Å². The highest BCUT2D eigenvalue weighted by molar-refractivity contribution is 6.07. The van der Waals surface area contributed by atoms with Gasteiger partial charge in [0, 0.05) is 44.5 Å². The van der Waals surface area contributed by atoms with Crippen molar-refractivity contribution < 1.29 is 9.59 Å². The van der Waals surface area contributed by atoms with Gasteiger partial charge in [-0.15, -0.1) is 0 Å². The molecule has 4 rings (SSSR count). The van der Waals surface area contributed by atoms with Gasteiger partial charge in [0.15, 0.2) is 0 Å². The number of hydrogen-bond acceptors (Lipinski definition) is 4. The molecule has 1 saturated carbocycles.